The molecule has 2 aromatic heterocycles. The van der Waals surface area contributed by atoms with E-state index in [1.165, 1.54) is 0 Å². The molecule has 6 heteroatoms. The van der Waals surface area contributed by atoms with Crippen LogP contribution in [0.3, 0.4) is 0 Å². The summed E-state index contributed by atoms with van der Waals surface area (Å²) in [7, 11) is 0. The molecule has 0 amide bonds. The lowest BCUT2D eigenvalue weighted by molar-refractivity contribution is 0.871. The van der Waals surface area contributed by atoms with Gasteiger partial charge in [0.2, 0.25) is 0 Å². The zero-order valence-electron chi connectivity index (χ0n) is 11.8. The number of anilines is 1. The van der Waals surface area contributed by atoms with Gasteiger partial charge in [-0.1, -0.05) is 17.7 Å². The molecular formula is C15H14ClN5. The van der Waals surface area contributed by atoms with Gasteiger partial charge in [0.25, 0.3) is 0 Å². The third-order valence-electron chi connectivity index (χ3n) is 2.87. The first kappa shape index (κ1) is 14.9. The van der Waals surface area contributed by atoms with Crippen molar-refractivity contribution < 1.29 is 0 Å². The first-order valence-electron chi connectivity index (χ1n) is 6.44. The average molecular weight is 300 g/mol. The molecule has 2 aromatic rings. The van der Waals surface area contributed by atoms with Gasteiger partial charge in [0, 0.05) is 24.5 Å². The van der Waals surface area contributed by atoms with Gasteiger partial charge in [-0.25, -0.2) is 9.99 Å². The molecule has 21 heavy (non-hydrogen) atoms. The standard InChI is InChI=1S/C15H14ClN5/c1-3-21(19-10-12-5-4-6-18-9-12)14-7-11(2)13(8-17)15(16)20-14/h4-7,9-10H,3H2,1-2H3. The Morgan fingerprint density at radius 3 is 2.90 bits per heavy atom. The number of pyridine rings is 2. The second kappa shape index (κ2) is 6.82. The summed E-state index contributed by atoms with van der Waals surface area (Å²) in [6, 6.07) is 7.60. The van der Waals surface area contributed by atoms with E-state index >= 15 is 0 Å². The topological polar surface area (TPSA) is 65.2 Å². The molecule has 0 aromatic carbocycles. The van der Waals surface area contributed by atoms with Crippen LogP contribution in [0.1, 0.15) is 23.6 Å². The number of halogens is 1. The lowest BCUT2D eigenvalue weighted by Crippen LogP contribution is -2.17. The second-order valence-electron chi connectivity index (χ2n) is 4.32. The van der Waals surface area contributed by atoms with Crippen molar-refractivity contribution in [1.29, 1.82) is 5.26 Å². The maximum atomic E-state index is 9.01. The summed E-state index contributed by atoms with van der Waals surface area (Å²) < 4.78 is 0. The van der Waals surface area contributed by atoms with Crippen molar-refractivity contribution in [2.45, 2.75) is 13.8 Å². The molecule has 0 radical (unpaired) electrons. The molecule has 0 saturated heterocycles. The highest BCUT2D eigenvalue weighted by atomic mass is 35.5. The third kappa shape index (κ3) is 3.56. The van der Waals surface area contributed by atoms with Crippen molar-refractivity contribution in [3.63, 3.8) is 0 Å². The van der Waals surface area contributed by atoms with Gasteiger partial charge in [0.1, 0.15) is 11.2 Å². The predicted octanol–water partition coefficient (Wildman–Crippen LogP) is 3.17. The Bertz CT molecular complexity index is 668. The number of hydrogen-bond acceptors (Lipinski definition) is 5. The van der Waals surface area contributed by atoms with E-state index in [0.29, 0.717) is 17.9 Å². The highest BCUT2D eigenvalue weighted by molar-refractivity contribution is 6.30. The van der Waals surface area contributed by atoms with E-state index in [-0.39, 0.29) is 5.15 Å². The number of aryl methyl sites for hydroxylation is 1. The van der Waals surface area contributed by atoms with Crippen LogP contribution < -0.4 is 5.01 Å². The van der Waals surface area contributed by atoms with Crippen molar-refractivity contribution in [2.75, 3.05) is 11.6 Å². The van der Waals surface area contributed by atoms with Crippen molar-refractivity contribution in [1.82, 2.24) is 9.97 Å². The summed E-state index contributed by atoms with van der Waals surface area (Å²) in [6.07, 6.45) is 5.14. The zero-order valence-corrected chi connectivity index (χ0v) is 12.5. The Kier molecular flexibility index (Phi) is 4.85. The quantitative estimate of drug-likeness (QED) is 0.494. The average Bonchev–Trinajstić information content (AvgIpc) is 2.49. The van der Waals surface area contributed by atoms with E-state index in [1.54, 1.807) is 29.7 Å². The monoisotopic (exact) mass is 299 g/mol. The van der Waals surface area contributed by atoms with Crippen molar-refractivity contribution in [3.05, 3.63) is 52.4 Å². The number of hydrogen-bond donors (Lipinski definition) is 0. The fourth-order valence-corrected chi connectivity index (χ4v) is 2.05. The zero-order chi connectivity index (χ0) is 15.2. The van der Waals surface area contributed by atoms with Crippen LogP contribution in [-0.4, -0.2) is 22.7 Å². The fourth-order valence-electron chi connectivity index (χ4n) is 1.78. The van der Waals surface area contributed by atoms with Gasteiger partial charge in [-0.15, -0.1) is 0 Å². The number of nitriles is 1. The van der Waals surface area contributed by atoms with E-state index in [4.69, 9.17) is 16.9 Å². The Hall–Kier alpha value is -2.45. The van der Waals surface area contributed by atoms with Gasteiger partial charge in [-0.05, 0) is 31.5 Å². The van der Waals surface area contributed by atoms with Crippen molar-refractivity contribution in [3.8, 4) is 6.07 Å². The summed E-state index contributed by atoms with van der Waals surface area (Å²) in [6.45, 7) is 4.42. The molecule has 0 fully saturated rings. The van der Waals surface area contributed by atoms with Crippen molar-refractivity contribution >= 4 is 23.6 Å². The molecule has 0 atom stereocenters. The smallest absolute Gasteiger partial charge is 0.150 e. The van der Waals surface area contributed by atoms with Crippen LogP contribution in [0.5, 0.6) is 0 Å². The molecule has 0 spiro atoms. The van der Waals surface area contributed by atoms with Crippen LogP contribution in [0.15, 0.2) is 35.7 Å². The first-order chi connectivity index (χ1) is 10.2. The number of aromatic nitrogens is 2. The van der Waals surface area contributed by atoms with Gasteiger partial charge >= 0.3 is 0 Å². The van der Waals surface area contributed by atoms with E-state index in [1.807, 2.05) is 32.0 Å². The summed E-state index contributed by atoms with van der Waals surface area (Å²) in [5, 5.41) is 15.3. The van der Waals surface area contributed by atoms with Crippen LogP contribution in [-0.2, 0) is 0 Å². The molecule has 5 nitrogen and oxygen atoms in total. The number of hydrazone groups is 1. The van der Waals surface area contributed by atoms with Crippen LogP contribution in [0.25, 0.3) is 0 Å². The Morgan fingerprint density at radius 2 is 2.33 bits per heavy atom. The summed E-state index contributed by atoms with van der Waals surface area (Å²) >= 11 is 6.03. The van der Waals surface area contributed by atoms with Gasteiger partial charge in [0.15, 0.2) is 5.82 Å². The molecule has 0 aliphatic carbocycles. The van der Waals surface area contributed by atoms with Gasteiger partial charge in [-0.3, -0.25) is 4.98 Å². The van der Waals surface area contributed by atoms with E-state index in [2.05, 4.69) is 15.1 Å². The Labute approximate surface area is 128 Å². The summed E-state index contributed by atoms with van der Waals surface area (Å²) in [5.41, 5.74) is 2.07. The van der Waals surface area contributed by atoms with E-state index in [0.717, 1.165) is 11.1 Å². The maximum Gasteiger partial charge on any atom is 0.150 e. The number of nitrogens with zero attached hydrogens (tertiary/aromatic N) is 5. The summed E-state index contributed by atoms with van der Waals surface area (Å²) in [5.74, 6) is 0.610. The SMILES string of the molecule is CCN(N=Cc1cccnc1)c1cc(C)c(C#N)c(Cl)n1. The molecule has 106 valence electrons. The molecule has 0 aliphatic rings. The van der Waals surface area contributed by atoms with E-state index < -0.39 is 0 Å². The molecule has 0 aliphatic heterocycles. The van der Waals surface area contributed by atoms with Crippen LogP contribution in [0, 0.1) is 18.3 Å². The van der Waals surface area contributed by atoms with Gasteiger partial charge in [-0.2, -0.15) is 10.4 Å². The second-order valence-corrected chi connectivity index (χ2v) is 4.68. The van der Waals surface area contributed by atoms with Gasteiger partial charge in [0.05, 0.1) is 11.8 Å². The largest absolute Gasteiger partial charge is 0.264 e. The fraction of sp³-hybridized carbons (Fsp3) is 0.200. The predicted molar refractivity (Wildman–Crippen MR) is 83.6 cm³/mol. The van der Waals surface area contributed by atoms with Crippen LogP contribution >= 0.6 is 11.6 Å². The lowest BCUT2D eigenvalue weighted by atomic mass is 10.2. The van der Waals surface area contributed by atoms with E-state index in [9.17, 15) is 0 Å². The lowest BCUT2D eigenvalue weighted by Gasteiger charge is -2.17. The van der Waals surface area contributed by atoms with Crippen molar-refractivity contribution in [2.24, 2.45) is 5.10 Å². The Balaban J connectivity index is 2.30. The minimum absolute atomic E-state index is 0.197. The molecular weight excluding hydrogens is 286 g/mol. The highest BCUT2D eigenvalue weighted by Gasteiger charge is 2.11. The minimum Gasteiger partial charge on any atom is -0.264 e. The molecule has 0 N–H and O–H groups in total. The summed E-state index contributed by atoms with van der Waals surface area (Å²) in [4.78, 5) is 8.26. The maximum absolute atomic E-state index is 9.01. The Morgan fingerprint density at radius 1 is 1.52 bits per heavy atom. The highest BCUT2D eigenvalue weighted by Crippen LogP contribution is 2.22. The van der Waals surface area contributed by atoms with Gasteiger partial charge < -0.3 is 0 Å². The third-order valence-corrected chi connectivity index (χ3v) is 3.14. The molecule has 0 bridgehead atoms. The van der Waals surface area contributed by atoms with Crippen LogP contribution in [0.4, 0.5) is 5.82 Å². The molecule has 2 rings (SSSR count). The van der Waals surface area contributed by atoms with Crippen LogP contribution in [0.2, 0.25) is 5.15 Å². The normalized spacial score (nSPS) is 10.6. The number of rotatable bonds is 4. The molecule has 2 heterocycles. The molecule has 0 saturated carbocycles. The minimum atomic E-state index is 0.197. The molecule has 0 unspecified atom stereocenters. The first-order valence-corrected chi connectivity index (χ1v) is 6.82.